The molecule has 0 atom stereocenters. The maximum atomic E-state index is 12.3. The summed E-state index contributed by atoms with van der Waals surface area (Å²) < 4.78 is 6.32. The number of para-hydroxylation sites is 1. The van der Waals surface area contributed by atoms with E-state index in [4.69, 9.17) is 4.74 Å². The first kappa shape index (κ1) is 20.7. The lowest BCUT2D eigenvalue weighted by Crippen LogP contribution is -2.34. The Kier molecular flexibility index (Phi) is 6.53. The number of hydrogen-bond acceptors (Lipinski definition) is 6. The van der Waals surface area contributed by atoms with Gasteiger partial charge in [0, 0.05) is 30.3 Å². The molecule has 9 nitrogen and oxygen atoms in total. The van der Waals surface area contributed by atoms with Gasteiger partial charge in [-0.3, -0.25) is 19.7 Å². The zero-order chi connectivity index (χ0) is 21.5. The molecule has 154 valence electrons. The second-order valence-electron chi connectivity index (χ2n) is 6.43. The summed E-state index contributed by atoms with van der Waals surface area (Å²) in [5.41, 5.74) is 1.28. The highest BCUT2D eigenvalue weighted by Crippen LogP contribution is 2.21. The van der Waals surface area contributed by atoms with Gasteiger partial charge in [-0.2, -0.15) is 5.10 Å². The van der Waals surface area contributed by atoms with Crippen LogP contribution in [0.4, 0.5) is 5.69 Å². The van der Waals surface area contributed by atoms with Gasteiger partial charge in [0.2, 0.25) is 5.91 Å². The molecule has 1 aromatic heterocycles. The predicted molar refractivity (Wildman–Crippen MR) is 110 cm³/mol. The van der Waals surface area contributed by atoms with Crippen molar-refractivity contribution < 1.29 is 14.5 Å². The SMILES string of the molecule is COc1ccccc1CCNC(=O)Cn1nc(-c2cccc([N+](=O)[O-])c2)ccc1=O. The van der Waals surface area contributed by atoms with Gasteiger partial charge in [0.05, 0.1) is 17.7 Å². The Balaban J connectivity index is 1.67. The third-order valence-electron chi connectivity index (χ3n) is 4.42. The summed E-state index contributed by atoms with van der Waals surface area (Å²) >= 11 is 0. The minimum Gasteiger partial charge on any atom is -0.496 e. The zero-order valence-corrected chi connectivity index (χ0v) is 16.3. The standard InChI is InChI=1S/C21H20N4O5/c1-30-19-8-3-2-5-15(19)11-12-22-20(26)14-24-21(27)10-9-18(23-24)16-6-4-7-17(13-16)25(28)29/h2-10,13H,11-12,14H2,1H3,(H,22,26). The van der Waals surface area contributed by atoms with E-state index < -0.39 is 10.5 Å². The van der Waals surface area contributed by atoms with E-state index in [9.17, 15) is 19.7 Å². The molecule has 0 saturated carbocycles. The van der Waals surface area contributed by atoms with E-state index >= 15 is 0 Å². The van der Waals surface area contributed by atoms with Crippen molar-refractivity contribution >= 4 is 11.6 Å². The molecule has 0 aliphatic heterocycles. The lowest BCUT2D eigenvalue weighted by molar-refractivity contribution is -0.384. The highest BCUT2D eigenvalue weighted by atomic mass is 16.6. The molecule has 0 spiro atoms. The Morgan fingerprint density at radius 2 is 1.97 bits per heavy atom. The number of hydrogen-bond donors (Lipinski definition) is 1. The molecule has 0 unspecified atom stereocenters. The molecule has 0 fully saturated rings. The molecule has 0 aliphatic rings. The summed E-state index contributed by atoms with van der Waals surface area (Å²) in [5.74, 6) is 0.380. The fourth-order valence-corrected chi connectivity index (χ4v) is 2.93. The summed E-state index contributed by atoms with van der Waals surface area (Å²) in [5, 5.41) is 17.9. The lowest BCUT2D eigenvalue weighted by atomic mass is 10.1. The van der Waals surface area contributed by atoms with Crippen LogP contribution in [0.5, 0.6) is 5.75 Å². The predicted octanol–water partition coefficient (Wildman–Crippen LogP) is 2.19. The molecular formula is C21H20N4O5. The van der Waals surface area contributed by atoms with Crippen molar-refractivity contribution in [2.24, 2.45) is 0 Å². The first-order valence-corrected chi connectivity index (χ1v) is 9.19. The number of rotatable bonds is 8. The van der Waals surface area contributed by atoms with Crippen LogP contribution in [0.3, 0.4) is 0 Å². The van der Waals surface area contributed by atoms with Crippen molar-refractivity contribution in [1.29, 1.82) is 0 Å². The summed E-state index contributed by atoms with van der Waals surface area (Å²) in [6, 6.07) is 16.2. The van der Waals surface area contributed by atoms with Gasteiger partial charge in [-0.25, -0.2) is 4.68 Å². The number of carbonyl (C=O) groups excluding carboxylic acids is 1. The molecular weight excluding hydrogens is 388 g/mol. The number of nitro groups is 1. The topological polar surface area (TPSA) is 116 Å². The van der Waals surface area contributed by atoms with E-state index in [1.165, 1.54) is 30.3 Å². The number of amides is 1. The molecule has 1 N–H and O–H groups in total. The first-order valence-electron chi connectivity index (χ1n) is 9.19. The van der Waals surface area contributed by atoms with Crippen LogP contribution in [0.25, 0.3) is 11.3 Å². The van der Waals surface area contributed by atoms with Crippen LogP contribution >= 0.6 is 0 Å². The molecule has 9 heteroatoms. The first-order chi connectivity index (χ1) is 14.5. The minimum atomic E-state index is -0.505. The van der Waals surface area contributed by atoms with Gasteiger partial charge < -0.3 is 10.1 Å². The number of non-ortho nitro benzene ring substituents is 1. The third-order valence-corrected chi connectivity index (χ3v) is 4.42. The second-order valence-corrected chi connectivity index (χ2v) is 6.43. The largest absolute Gasteiger partial charge is 0.496 e. The van der Waals surface area contributed by atoms with Crippen molar-refractivity contribution in [3.63, 3.8) is 0 Å². The molecule has 2 aromatic carbocycles. The molecule has 3 aromatic rings. The van der Waals surface area contributed by atoms with E-state index in [1.807, 2.05) is 24.3 Å². The molecule has 0 aliphatic carbocycles. The quantitative estimate of drug-likeness (QED) is 0.451. The maximum Gasteiger partial charge on any atom is 0.270 e. The molecule has 1 amide bonds. The Morgan fingerprint density at radius 3 is 2.73 bits per heavy atom. The average molecular weight is 408 g/mol. The smallest absolute Gasteiger partial charge is 0.270 e. The molecule has 30 heavy (non-hydrogen) atoms. The number of carbonyl (C=O) groups is 1. The van der Waals surface area contributed by atoms with E-state index in [0.29, 0.717) is 24.2 Å². The van der Waals surface area contributed by atoms with E-state index in [0.717, 1.165) is 16.0 Å². The van der Waals surface area contributed by atoms with Crippen molar-refractivity contribution in [2.45, 2.75) is 13.0 Å². The highest BCUT2D eigenvalue weighted by molar-refractivity contribution is 5.75. The minimum absolute atomic E-state index is 0.0823. The van der Waals surface area contributed by atoms with Crippen molar-refractivity contribution in [3.05, 3.63) is 86.7 Å². The van der Waals surface area contributed by atoms with Gasteiger partial charge in [-0.1, -0.05) is 30.3 Å². The van der Waals surface area contributed by atoms with E-state index in [2.05, 4.69) is 10.4 Å². The molecule has 0 radical (unpaired) electrons. The molecule has 0 saturated heterocycles. The van der Waals surface area contributed by atoms with Crippen LogP contribution in [-0.4, -0.2) is 34.3 Å². The zero-order valence-electron chi connectivity index (χ0n) is 16.3. The van der Waals surface area contributed by atoms with Gasteiger partial charge in [0.1, 0.15) is 12.3 Å². The second kappa shape index (κ2) is 9.46. The van der Waals surface area contributed by atoms with Crippen LogP contribution in [0, 0.1) is 10.1 Å². The van der Waals surface area contributed by atoms with Crippen molar-refractivity contribution in [2.75, 3.05) is 13.7 Å². The Hall–Kier alpha value is -4.01. The van der Waals surface area contributed by atoms with Crippen molar-refractivity contribution in [1.82, 2.24) is 15.1 Å². The van der Waals surface area contributed by atoms with Crippen LogP contribution in [0.1, 0.15) is 5.56 Å². The van der Waals surface area contributed by atoms with Crippen LogP contribution in [-0.2, 0) is 17.8 Å². The number of nitrogens with one attached hydrogen (secondary N) is 1. The summed E-state index contributed by atoms with van der Waals surface area (Å²) in [7, 11) is 1.59. The number of ether oxygens (including phenoxy) is 1. The molecule has 3 rings (SSSR count). The van der Waals surface area contributed by atoms with Crippen LogP contribution in [0.2, 0.25) is 0 Å². The number of aromatic nitrogens is 2. The summed E-state index contributed by atoms with van der Waals surface area (Å²) in [6.45, 7) is 0.117. The van der Waals surface area contributed by atoms with E-state index in [1.54, 1.807) is 13.2 Å². The molecule has 0 bridgehead atoms. The van der Waals surface area contributed by atoms with Gasteiger partial charge in [-0.05, 0) is 24.1 Å². The van der Waals surface area contributed by atoms with Crippen LogP contribution in [0.15, 0.2) is 65.5 Å². The normalized spacial score (nSPS) is 10.4. The Morgan fingerprint density at radius 1 is 1.17 bits per heavy atom. The van der Waals surface area contributed by atoms with Crippen molar-refractivity contribution in [3.8, 4) is 17.0 Å². The number of nitrogens with zero attached hydrogens (tertiary/aromatic N) is 3. The Labute approximate surface area is 172 Å². The van der Waals surface area contributed by atoms with Crippen LogP contribution < -0.4 is 15.6 Å². The van der Waals surface area contributed by atoms with Gasteiger partial charge >= 0.3 is 0 Å². The fourth-order valence-electron chi connectivity index (χ4n) is 2.93. The summed E-state index contributed by atoms with van der Waals surface area (Å²) in [6.07, 6.45) is 0.575. The van der Waals surface area contributed by atoms with Gasteiger partial charge in [-0.15, -0.1) is 0 Å². The number of benzene rings is 2. The van der Waals surface area contributed by atoms with Gasteiger partial charge in [0.15, 0.2) is 0 Å². The number of methoxy groups -OCH3 is 1. The fraction of sp³-hybridized carbons (Fsp3) is 0.190. The lowest BCUT2D eigenvalue weighted by Gasteiger charge is -2.10. The van der Waals surface area contributed by atoms with E-state index in [-0.39, 0.29) is 18.1 Å². The van der Waals surface area contributed by atoms with Gasteiger partial charge in [0.25, 0.3) is 11.2 Å². The average Bonchev–Trinajstić information content (AvgIpc) is 2.75. The third kappa shape index (κ3) is 5.07. The monoisotopic (exact) mass is 408 g/mol. The Bertz CT molecular complexity index is 1130. The summed E-state index contributed by atoms with van der Waals surface area (Å²) in [4.78, 5) is 34.8. The maximum absolute atomic E-state index is 12.3. The molecule has 1 heterocycles. The highest BCUT2D eigenvalue weighted by Gasteiger charge is 2.11. The number of nitro benzene ring substituents is 1.